The van der Waals surface area contributed by atoms with Crippen LogP contribution in [0.2, 0.25) is 0 Å². The smallest absolute Gasteiger partial charge is 0.458 e. The van der Waals surface area contributed by atoms with E-state index in [-0.39, 0.29) is 29.6 Å². The Hall–Kier alpha value is -0.890. The number of fused-ring (bicyclic) bond motifs is 3. The predicted octanol–water partition coefficient (Wildman–Crippen LogP) is 1.16. The third-order valence-electron chi connectivity index (χ3n) is 2.73. The van der Waals surface area contributed by atoms with E-state index >= 15 is 0 Å². The first-order valence-electron chi connectivity index (χ1n) is 5.09. The van der Waals surface area contributed by atoms with E-state index in [0.717, 1.165) is 11.2 Å². The number of para-hydroxylation sites is 1. The maximum Gasteiger partial charge on any atom is 1.00 e. The van der Waals surface area contributed by atoms with Crippen LogP contribution in [0.1, 0.15) is 12.5 Å². The minimum atomic E-state index is 0. The summed E-state index contributed by atoms with van der Waals surface area (Å²) in [4.78, 5) is 0. The fourth-order valence-electron chi connectivity index (χ4n) is 1.92. The van der Waals surface area contributed by atoms with Crippen molar-refractivity contribution in [2.45, 2.75) is 6.92 Å². The Morgan fingerprint density at radius 3 is 2.50 bits per heavy atom. The topological polar surface area (TPSA) is 13.1 Å². The van der Waals surface area contributed by atoms with Crippen molar-refractivity contribution < 1.29 is 34.0 Å². The molecule has 16 heavy (non-hydrogen) atoms. The first kappa shape index (κ1) is 11.6. The van der Waals surface area contributed by atoms with E-state index < -0.39 is 0 Å². The van der Waals surface area contributed by atoms with Gasteiger partial charge in [-0.05, 0) is 11.5 Å². The van der Waals surface area contributed by atoms with E-state index in [1.165, 1.54) is 16.3 Å². The van der Waals surface area contributed by atoms with Crippen LogP contribution in [0.3, 0.4) is 0 Å². The van der Waals surface area contributed by atoms with Gasteiger partial charge >= 0.3 is 29.6 Å². The van der Waals surface area contributed by atoms with Gasteiger partial charge in [0.1, 0.15) is 11.2 Å². The van der Waals surface area contributed by atoms with Gasteiger partial charge in [-0.2, -0.15) is 24.1 Å². The van der Waals surface area contributed by atoms with Crippen LogP contribution in [0.5, 0.6) is 0 Å². The standard InChI is InChI=1S/C14H11O.Na/c1-2-10-7-8-14-12(9-10)11-5-3-4-6-13(11)15-14;/h2-9H,1H3;/q-1;+1. The molecule has 2 heteroatoms. The van der Waals surface area contributed by atoms with Gasteiger partial charge in [0, 0.05) is 5.39 Å². The van der Waals surface area contributed by atoms with E-state index in [1.54, 1.807) is 0 Å². The van der Waals surface area contributed by atoms with Gasteiger partial charge in [0.2, 0.25) is 0 Å². The minimum Gasteiger partial charge on any atom is -0.458 e. The molecule has 0 fully saturated rings. The molecule has 0 saturated carbocycles. The molecule has 0 spiro atoms. The average Bonchev–Trinajstić information content (AvgIpc) is 2.66. The molecule has 1 aromatic heterocycles. The van der Waals surface area contributed by atoms with Crippen molar-refractivity contribution in [3.8, 4) is 0 Å². The van der Waals surface area contributed by atoms with E-state index in [1.807, 2.05) is 31.2 Å². The molecule has 0 amide bonds. The van der Waals surface area contributed by atoms with Crippen LogP contribution in [0.4, 0.5) is 0 Å². The summed E-state index contributed by atoms with van der Waals surface area (Å²) >= 11 is 0. The van der Waals surface area contributed by atoms with Crippen LogP contribution in [0, 0.1) is 6.42 Å². The molecule has 0 atom stereocenters. The molecule has 0 radical (unpaired) electrons. The van der Waals surface area contributed by atoms with Crippen LogP contribution in [-0.2, 0) is 0 Å². The summed E-state index contributed by atoms with van der Waals surface area (Å²) in [7, 11) is 0. The van der Waals surface area contributed by atoms with Crippen molar-refractivity contribution >= 4 is 21.9 Å². The van der Waals surface area contributed by atoms with Crippen LogP contribution in [0.15, 0.2) is 46.9 Å². The normalized spacial score (nSPS) is 10.3. The number of hydrogen-bond donors (Lipinski definition) is 0. The van der Waals surface area contributed by atoms with Crippen LogP contribution in [-0.4, -0.2) is 0 Å². The molecule has 0 N–H and O–H groups in total. The van der Waals surface area contributed by atoms with Crippen LogP contribution in [0.25, 0.3) is 21.9 Å². The second-order valence-corrected chi connectivity index (χ2v) is 3.64. The molecular weight excluding hydrogens is 207 g/mol. The van der Waals surface area contributed by atoms with E-state index in [2.05, 4.69) is 24.6 Å². The van der Waals surface area contributed by atoms with Gasteiger partial charge in [-0.25, -0.2) is 0 Å². The first-order valence-corrected chi connectivity index (χ1v) is 5.09. The maximum atomic E-state index is 5.74. The molecule has 3 rings (SSSR count). The van der Waals surface area contributed by atoms with Gasteiger partial charge in [-0.15, -0.1) is 0 Å². The van der Waals surface area contributed by atoms with Gasteiger partial charge in [0.25, 0.3) is 0 Å². The summed E-state index contributed by atoms with van der Waals surface area (Å²) in [6.45, 7) is 2.05. The fourth-order valence-corrected chi connectivity index (χ4v) is 1.92. The molecule has 3 aromatic rings. The zero-order valence-corrected chi connectivity index (χ0v) is 11.5. The minimum absolute atomic E-state index is 0. The molecule has 0 aliphatic rings. The van der Waals surface area contributed by atoms with Crippen molar-refractivity contribution in [1.82, 2.24) is 0 Å². The summed E-state index contributed by atoms with van der Waals surface area (Å²) in [5.41, 5.74) is 3.15. The van der Waals surface area contributed by atoms with Crippen LogP contribution >= 0.6 is 0 Å². The number of hydrogen-bond acceptors (Lipinski definition) is 1. The predicted molar refractivity (Wildman–Crippen MR) is 62.8 cm³/mol. The van der Waals surface area contributed by atoms with E-state index in [0.29, 0.717) is 0 Å². The SMILES string of the molecule is C[CH-]c1ccc2oc3ccccc3c2c1.[Na+]. The second-order valence-electron chi connectivity index (χ2n) is 3.64. The molecule has 74 valence electrons. The summed E-state index contributed by atoms with van der Waals surface area (Å²) in [5.74, 6) is 0. The molecule has 0 bridgehead atoms. The molecule has 0 saturated heterocycles. The van der Waals surface area contributed by atoms with Gasteiger partial charge < -0.3 is 4.42 Å². The quantitative estimate of drug-likeness (QED) is 0.441. The molecule has 1 nitrogen and oxygen atoms in total. The van der Waals surface area contributed by atoms with Crippen molar-refractivity contribution in [3.05, 3.63) is 54.4 Å². The summed E-state index contributed by atoms with van der Waals surface area (Å²) in [6.07, 6.45) is 2.10. The zero-order valence-electron chi connectivity index (χ0n) is 9.53. The van der Waals surface area contributed by atoms with Gasteiger partial charge in [0.05, 0.1) is 0 Å². The number of furan rings is 1. The Balaban J connectivity index is 0.000000963. The average molecular weight is 218 g/mol. The Bertz CT molecular complexity index is 625. The second kappa shape index (κ2) is 4.54. The van der Waals surface area contributed by atoms with Gasteiger partial charge in [0.15, 0.2) is 0 Å². The summed E-state index contributed by atoms with van der Waals surface area (Å²) < 4.78 is 5.74. The third-order valence-corrected chi connectivity index (χ3v) is 2.73. The van der Waals surface area contributed by atoms with E-state index in [4.69, 9.17) is 4.42 Å². The van der Waals surface area contributed by atoms with Gasteiger partial charge in [-0.1, -0.05) is 31.2 Å². The molecular formula is C14H11NaO. The molecule has 0 aliphatic carbocycles. The molecule has 2 aromatic carbocycles. The largest absolute Gasteiger partial charge is 1.00 e. The number of rotatable bonds is 1. The van der Waals surface area contributed by atoms with Crippen LogP contribution < -0.4 is 29.6 Å². The number of benzene rings is 2. The van der Waals surface area contributed by atoms with Crippen molar-refractivity contribution in [2.75, 3.05) is 0 Å². The zero-order chi connectivity index (χ0) is 10.3. The van der Waals surface area contributed by atoms with Crippen molar-refractivity contribution in [1.29, 1.82) is 0 Å². The summed E-state index contributed by atoms with van der Waals surface area (Å²) in [6, 6.07) is 14.4. The van der Waals surface area contributed by atoms with Crippen molar-refractivity contribution in [3.63, 3.8) is 0 Å². The fraction of sp³-hybridized carbons (Fsp3) is 0.0714. The maximum absolute atomic E-state index is 5.74. The monoisotopic (exact) mass is 218 g/mol. The Kier molecular flexibility index (Phi) is 3.29. The molecule has 0 unspecified atom stereocenters. The molecule has 1 heterocycles. The van der Waals surface area contributed by atoms with E-state index in [9.17, 15) is 0 Å². The Morgan fingerprint density at radius 2 is 1.69 bits per heavy atom. The molecule has 0 aliphatic heterocycles. The Labute approximate surface area is 117 Å². The Morgan fingerprint density at radius 1 is 0.938 bits per heavy atom. The first-order chi connectivity index (χ1) is 7.38. The third kappa shape index (κ3) is 1.75. The van der Waals surface area contributed by atoms with Crippen molar-refractivity contribution in [2.24, 2.45) is 0 Å². The summed E-state index contributed by atoms with van der Waals surface area (Å²) in [5, 5.41) is 2.39. The van der Waals surface area contributed by atoms with Gasteiger partial charge in [-0.3, -0.25) is 0 Å².